The second-order valence-electron chi connectivity index (χ2n) is 3.65. The molecular weight excluding hydrogens is 269 g/mol. The van der Waals surface area contributed by atoms with E-state index in [1.165, 1.54) is 18.4 Å². The number of fused-ring (bicyclic) bond motifs is 1. The molecule has 2 rings (SSSR count). The molecule has 1 amide bonds. The van der Waals surface area contributed by atoms with Gasteiger partial charge in [-0.25, -0.2) is 0 Å². The van der Waals surface area contributed by atoms with Gasteiger partial charge < -0.3 is 10.2 Å². The van der Waals surface area contributed by atoms with Crippen LogP contribution in [-0.2, 0) is 9.63 Å². The van der Waals surface area contributed by atoms with E-state index in [1.807, 2.05) is 5.32 Å². The molecule has 0 aromatic carbocycles. The molecule has 1 N–H and O–H groups in total. The Morgan fingerprint density at radius 2 is 2.33 bits per heavy atom. The summed E-state index contributed by atoms with van der Waals surface area (Å²) >= 11 is 1.36. The Hall–Kier alpha value is -1.57. The largest absolute Gasteiger partial charge is 0.471 e. The Balaban J connectivity index is 2.19. The normalized spacial score (nSPS) is 20.9. The van der Waals surface area contributed by atoms with Crippen molar-refractivity contribution in [1.29, 1.82) is 0 Å². The van der Waals surface area contributed by atoms with Crippen LogP contribution in [0.2, 0.25) is 0 Å². The lowest BCUT2D eigenvalue weighted by atomic mass is 10.2. The van der Waals surface area contributed by atoms with Crippen molar-refractivity contribution >= 4 is 23.0 Å². The van der Waals surface area contributed by atoms with Crippen LogP contribution in [0.4, 0.5) is 13.2 Å². The zero-order chi connectivity index (χ0) is 13.3. The number of halogens is 3. The average Bonchev–Trinajstić information content (AvgIpc) is 2.83. The summed E-state index contributed by atoms with van der Waals surface area (Å²) in [6, 6.07) is 0.980. The van der Waals surface area contributed by atoms with Crippen molar-refractivity contribution in [2.45, 2.75) is 18.6 Å². The molecule has 1 atom stereocenters. The van der Waals surface area contributed by atoms with E-state index in [4.69, 9.17) is 0 Å². The van der Waals surface area contributed by atoms with E-state index >= 15 is 0 Å². The molecule has 0 radical (unpaired) electrons. The lowest BCUT2D eigenvalue weighted by Gasteiger charge is -2.13. The number of alkyl halides is 3. The number of hydrogen-bond acceptors (Lipinski definition) is 4. The third kappa shape index (κ3) is 2.33. The molecule has 8 heteroatoms. The van der Waals surface area contributed by atoms with Gasteiger partial charge in [0.15, 0.2) is 0 Å². The van der Waals surface area contributed by atoms with E-state index in [0.29, 0.717) is 11.3 Å². The van der Waals surface area contributed by atoms with E-state index in [0.717, 1.165) is 4.88 Å². The topological polar surface area (TPSA) is 50.7 Å². The third-order valence-corrected chi connectivity index (χ3v) is 3.47. The minimum atomic E-state index is -4.88. The lowest BCUT2D eigenvalue weighted by molar-refractivity contribution is -0.174. The molecule has 18 heavy (non-hydrogen) atoms. The zero-order valence-corrected chi connectivity index (χ0v) is 10.1. The van der Waals surface area contributed by atoms with Gasteiger partial charge in [0.05, 0.1) is 16.6 Å². The first kappa shape index (κ1) is 12.9. The highest BCUT2D eigenvalue weighted by Crippen LogP contribution is 2.36. The molecule has 1 aromatic heterocycles. The lowest BCUT2D eigenvalue weighted by Crippen LogP contribution is -2.38. The summed E-state index contributed by atoms with van der Waals surface area (Å²) in [5.74, 6) is -1.94. The van der Waals surface area contributed by atoms with Crippen molar-refractivity contribution in [3.8, 4) is 0 Å². The van der Waals surface area contributed by atoms with Crippen molar-refractivity contribution in [3.05, 3.63) is 21.9 Å². The standard InChI is InChI=1S/C10H9F3N2O2S/c1-17-15-7-4-6(5-2-3-18-8(5)7)14-9(16)10(11,12)13/h2-3,6H,4H2,1H3,(H,14,16)/b15-7+. The number of oxime groups is 1. The fourth-order valence-corrected chi connectivity index (χ4v) is 2.74. The van der Waals surface area contributed by atoms with Crippen LogP contribution in [0.5, 0.6) is 0 Å². The summed E-state index contributed by atoms with van der Waals surface area (Å²) in [5.41, 5.74) is 1.20. The molecule has 4 nitrogen and oxygen atoms in total. The highest BCUT2D eigenvalue weighted by atomic mass is 32.1. The predicted octanol–water partition coefficient (Wildman–Crippen LogP) is 2.22. The summed E-state index contributed by atoms with van der Waals surface area (Å²) in [4.78, 5) is 16.3. The van der Waals surface area contributed by atoms with Gasteiger partial charge in [-0.2, -0.15) is 13.2 Å². The van der Waals surface area contributed by atoms with Crippen LogP contribution >= 0.6 is 11.3 Å². The highest BCUT2D eigenvalue weighted by Gasteiger charge is 2.42. The van der Waals surface area contributed by atoms with Gasteiger partial charge >= 0.3 is 12.1 Å². The molecule has 1 aliphatic carbocycles. The number of amides is 1. The van der Waals surface area contributed by atoms with Gasteiger partial charge in [0.25, 0.3) is 0 Å². The molecule has 0 aliphatic heterocycles. The molecule has 0 saturated carbocycles. The van der Waals surface area contributed by atoms with Crippen molar-refractivity contribution in [2.75, 3.05) is 7.11 Å². The monoisotopic (exact) mass is 278 g/mol. The van der Waals surface area contributed by atoms with E-state index in [9.17, 15) is 18.0 Å². The van der Waals surface area contributed by atoms with Crippen molar-refractivity contribution < 1.29 is 22.8 Å². The first-order chi connectivity index (χ1) is 8.43. The summed E-state index contributed by atoms with van der Waals surface area (Å²) in [7, 11) is 1.36. The van der Waals surface area contributed by atoms with Crippen LogP contribution < -0.4 is 5.32 Å². The summed E-state index contributed by atoms with van der Waals surface area (Å²) in [6.07, 6.45) is -4.67. The average molecular weight is 278 g/mol. The number of nitrogens with one attached hydrogen (secondary N) is 1. The molecule has 1 heterocycles. The molecule has 1 aromatic rings. The van der Waals surface area contributed by atoms with Crippen LogP contribution in [0.3, 0.4) is 0 Å². The van der Waals surface area contributed by atoms with E-state index in [1.54, 1.807) is 11.4 Å². The van der Waals surface area contributed by atoms with Gasteiger partial charge in [-0.05, 0) is 17.0 Å². The van der Waals surface area contributed by atoms with Crippen LogP contribution in [0.15, 0.2) is 16.6 Å². The van der Waals surface area contributed by atoms with E-state index < -0.39 is 18.1 Å². The van der Waals surface area contributed by atoms with Crippen molar-refractivity contribution in [1.82, 2.24) is 5.32 Å². The van der Waals surface area contributed by atoms with E-state index in [2.05, 4.69) is 9.99 Å². The van der Waals surface area contributed by atoms with Gasteiger partial charge in [0.1, 0.15) is 7.11 Å². The van der Waals surface area contributed by atoms with Crippen molar-refractivity contribution in [3.63, 3.8) is 0 Å². The quantitative estimate of drug-likeness (QED) is 0.843. The molecular formula is C10H9F3N2O2S. The van der Waals surface area contributed by atoms with Gasteiger partial charge in [0, 0.05) is 6.42 Å². The van der Waals surface area contributed by atoms with Gasteiger partial charge in [-0.1, -0.05) is 5.16 Å². The van der Waals surface area contributed by atoms with Gasteiger partial charge in [0.2, 0.25) is 0 Å². The molecule has 0 saturated heterocycles. The van der Waals surface area contributed by atoms with Crippen LogP contribution in [0.1, 0.15) is 22.9 Å². The first-order valence-corrected chi connectivity index (χ1v) is 5.87. The van der Waals surface area contributed by atoms with Crippen molar-refractivity contribution in [2.24, 2.45) is 5.16 Å². The molecule has 0 bridgehead atoms. The molecule has 98 valence electrons. The number of thiophene rings is 1. The van der Waals surface area contributed by atoms with Crippen LogP contribution in [-0.4, -0.2) is 24.9 Å². The fourth-order valence-electron chi connectivity index (χ4n) is 1.78. The minimum absolute atomic E-state index is 0.206. The maximum absolute atomic E-state index is 12.2. The molecule has 1 aliphatic rings. The number of carbonyl (C=O) groups excluding carboxylic acids is 1. The number of hydrogen-bond donors (Lipinski definition) is 1. The zero-order valence-electron chi connectivity index (χ0n) is 9.25. The Bertz CT molecular complexity index is 496. The first-order valence-electron chi connectivity index (χ1n) is 4.99. The summed E-state index contributed by atoms with van der Waals surface area (Å²) in [6.45, 7) is 0. The van der Waals surface area contributed by atoms with Gasteiger partial charge in [-0.15, -0.1) is 11.3 Å². The minimum Gasteiger partial charge on any atom is -0.399 e. The number of rotatable bonds is 2. The fraction of sp³-hybridized carbons (Fsp3) is 0.400. The SMILES string of the molecule is CO/N=C1\CC(NC(=O)C(F)(F)F)c2ccsc21. The Labute approximate surface area is 104 Å². The van der Waals surface area contributed by atoms with Crippen LogP contribution in [0.25, 0.3) is 0 Å². The molecule has 0 spiro atoms. The van der Waals surface area contributed by atoms with E-state index in [-0.39, 0.29) is 6.42 Å². The predicted molar refractivity (Wildman–Crippen MR) is 59.4 cm³/mol. The Morgan fingerprint density at radius 3 is 2.94 bits per heavy atom. The number of carbonyl (C=O) groups is 1. The summed E-state index contributed by atoms with van der Waals surface area (Å²) in [5, 5.41) is 7.45. The highest BCUT2D eigenvalue weighted by molar-refractivity contribution is 7.12. The smallest absolute Gasteiger partial charge is 0.399 e. The second-order valence-corrected chi connectivity index (χ2v) is 4.57. The summed E-state index contributed by atoms with van der Waals surface area (Å²) < 4.78 is 36.6. The molecule has 1 unspecified atom stereocenters. The van der Waals surface area contributed by atoms with Crippen LogP contribution in [0, 0.1) is 0 Å². The Kier molecular flexibility index (Phi) is 3.29. The van der Waals surface area contributed by atoms with Gasteiger partial charge in [-0.3, -0.25) is 4.79 Å². The number of nitrogens with zero attached hydrogens (tertiary/aromatic N) is 1. The maximum Gasteiger partial charge on any atom is 0.471 e. The third-order valence-electron chi connectivity index (χ3n) is 2.49. The maximum atomic E-state index is 12.2. The Morgan fingerprint density at radius 1 is 1.61 bits per heavy atom. The second kappa shape index (κ2) is 4.60. The molecule has 0 fully saturated rings.